The van der Waals surface area contributed by atoms with Crippen molar-refractivity contribution >= 4 is 51.1 Å². The molecule has 3 aromatic rings. The number of nitrogens with one attached hydrogen (secondary N) is 2. The molecule has 0 saturated carbocycles. The number of hydrogen-bond donors (Lipinski definition) is 2. The van der Waals surface area contributed by atoms with Gasteiger partial charge in [0.1, 0.15) is 5.00 Å². The Morgan fingerprint density at radius 3 is 2.29 bits per heavy atom. The average Bonchev–Trinajstić information content (AvgIpc) is 3.17. The average molecular weight is 512 g/mol. The minimum absolute atomic E-state index is 0.0932. The first-order valence-corrected chi connectivity index (χ1v) is 12.5. The lowest BCUT2D eigenvalue weighted by atomic mass is 9.72. The predicted molar refractivity (Wildman–Crippen MR) is 140 cm³/mol. The number of fused-ring (bicyclic) bond motifs is 1. The maximum atomic E-state index is 13.4. The number of nitrogens with zero attached hydrogens (tertiary/aromatic N) is 1. The van der Waals surface area contributed by atoms with E-state index in [-0.39, 0.29) is 22.6 Å². The van der Waals surface area contributed by atoms with Crippen LogP contribution in [0.1, 0.15) is 58.3 Å². The fraction of sp³-hybridized carbons (Fsp3) is 0.308. The molecule has 1 heterocycles. The van der Waals surface area contributed by atoms with Gasteiger partial charge in [-0.2, -0.15) is 0 Å². The number of hydrogen-bond acceptors (Lipinski definition) is 5. The number of anilines is 2. The largest absolute Gasteiger partial charge is 0.322 e. The summed E-state index contributed by atoms with van der Waals surface area (Å²) in [6, 6.07) is 12.2. The standard InChI is InChI=1S/C26H26ClN3O4S/c1-26(2,3)16-6-13-20-21(14-16)35-25(22(20)24(32)28-18-9-7-17(27)8-10-18)29-23(31)15-4-11-19(12-5-15)30(33)34/h4-5,7-12,16H,6,13-14H2,1-3H3,(H,28,32)(H,29,31)/t16-/m0/s1. The number of benzene rings is 2. The summed E-state index contributed by atoms with van der Waals surface area (Å²) in [4.78, 5) is 37.9. The van der Waals surface area contributed by atoms with E-state index >= 15 is 0 Å². The third-order valence-electron chi connectivity index (χ3n) is 6.39. The summed E-state index contributed by atoms with van der Waals surface area (Å²) in [6.45, 7) is 6.67. The molecule has 0 saturated heterocycles. The molecule has 0 radical (unpaired) electrons. The highest BCUT2D eigenvalue weighted by Crippen LogP contribution is 2.44. The molecule has 2 amide bonds. The van der Waals surface area contributed by atoms with Crippen LogP contribution in [0, 0.1) is 21.4 Å². The van der Waals surface area contributed by atoms with Crippen molar-refractivity contribution in [3.8, 4) is 0 Å². The molecule has 7 nitrogen and oxygen atoms in total. The summed E-state index contributed by atoms with van der Waals surface area (Å²) in [7, 11) is 0. The SMILES string of the molecule is CC(C)(C)[C@H]1CCc2c(sc(NC(=O)c3ccc([N+](=O)[O-])cc3)c2C(=O)Nc2ccc(Cl)cc2)C1. The third kappa shape index (κ3) is 5.55. The van der Waals surface area contributed by atoms with E-state index in [9.17, 15) is 19.7 Å². The summed E-state index contributed by atoms with van der Waals surface area (Å²) < 4.78 is 0. The Hall–Kier alpha value is -3.23. The zero-order chi connectivity index (χ0) is 25.3. The molecule has 182 valence electrons. The molecule has 1 aliphatic rings. The highest BCUT2D eigenvalue weighted by molar-refractivity contribution is 7.17. The van der Waals surface area contributed by atoms with Crippen LogP contribution in [0.15, 0.2) is 48.5 Å². The smallest absolute Gasteiger partial charge is 0.269 e. The Morgan fingerprint density at radius 2 is 1.69 bits per heavy atom. The van der Waals surface area contributed by atoms with Gasteiger partial charge in [-0.25, -0.2) is 0 Å². The fourth-order valence-electron chi connectivity index (χ4n) is 4.29. The molecular weight excluding hydrogens is 486 g/mol. The van der Waals surface area contributed by atoms with Gasteiger partial charge in [0, 0.05) is 33.3 Å². The fourth-order valence-corrected chi connectivity index (χ4v) is 5.74. The van der Waals surface area contributed by atoms with E-state index in [1.54, 1.807) is 24.3 Å². The quantitative estimate of drug-likeness (QED) is 0.285. The molecule has 0 bridgehead atoms. The number of amides is 2. The Balaban J connectivity index is 1.66. The highest BCUT2D eigenvalue weighted by Gasteiger charge is 2.34. The molecule has 0 fully saturated rings. The van der Waals surface area contributed by atoms with Gasteiger partial charge in [-0.05, 0) is 72.6 Å². The first kappa shape index (κ1) is 24.9. The molecule has 1 aliphatic carbocycles. The van der Waals surface area contributed by atoms with Crippen molar-refractivity contribution in [2.75, 3.05) is 10.6 Å². The zero-order valence-electron chi connectivity index (χ0n) is 19.7. The van der Waals surface area contributed by atoms with Crippen LogP contribution < -0.4 is 10.6 Å². The second-order valence-electron chi connectivity index (χ2n) is 9.73. The van der Waals surface area contributed by atoms with Crippen molar-refractivity contribution < 1.29 is 14.5 Å². The summed E-state index contributed by atoms with van der Waals surface area (Å²) in [5.41, 5.74) is 2.37. The third-order valence-corrected chi connectivity index (χ3v) is 7.81. The normalized spacial score (nSPS) is 15.3. The van der Waals surface area contributed by atoms with Crippen molar-refractivity contribution in [1.82, 2.24) is 0 Å². The molecule has 0 aliphatic heterocycles. The van der Waals surface area contributed by atoms with E-state index in [2.05, 4.69) is 31.4 Å². The first-order chi connectivity index (χ1) is 16.5. The van der Waals surface area contributed by atoms with Gasteiger partial charge in [-0.15, -0.1) is 11.3 Å². The van der Waals surface area contributed by atoms with Crippen molar-refractivity contribution in [2.45, 2.75) is 40.0 Å². The van der Waals surface area contributed by atoms with Crippen molar-refractivity contribution in [1.29, 1.82) is 0 Å². The lowest BCUT2D eigenvalue weighted by Crippen LogP contribution is -2.27. The van der Waals surface area contributed by atoms with E-state index in [0.717, 1.165) is 29.7 Å². The lowest BCUT2D eigenvalue weighted by molar-refractivity contribution is -0.384. The van der Waals surface area contributed by atoms with Crippen molar-refractivity contribution in [2.24, 2.45) is 11.3 Å². The molecule has 0 unspecified atom stereocenters. The minimum Gasteiger partial charge on any atom is -0.322 e. The molecule has 0 spiro atoms. The Bertz CT molecular complexity index is 1280. The Kier molecular flexibility index (Phi) is 6.96. The van der Waals surface area contributed by atoms with Crippen LogP contribution in [0.25, 0.3) is 0 Å². The Labute approximate surface area is 212 Å². The number of halogens is 1. The summed E-state index contributed by atoms with van der Waals surface area (Å²) in [5.74, 6) is -0.247. The molecule has 1 aromatic heterocycles. The van der Waals surface area contributed by atoms with Crippen molar-refractivity contribution in [3.05, 3.63) is 85.2 Å². The number of thiophene rings is 1. The van der Waals surface area contributed by atoms with Gasteiger partial charge in [0.05, 0.1) is 10.5 Å². The summed E-state index contributed by atoms with van der Waals surface area (Å²) in [5, 5.41) is 17.8. The van der Waals surface area contributed by atoms with Gasteiger partial charge in [-0.1, -0.05) is 32.4 Å². The van der Waals surface area contributed by atoms with Crippen LogP contribution >= 0.6 is 22.9 Å². The monoisotopic (exact) mass is 511 g/mol. The maximum Gasteiger partial charge on any atom is 0.269 e. The van der Waals surface area contributed by atoms with Gasteiger partial charge < -0.3 is 10.6 Å². The van der Waals surface area contributed by atoms with Gasteiger partial charge in [0.25, 0.3) is 17.5 Å². The number of nitro benzene ring substituents is 1. The lowest BCUT2D eigenvalue weighted by Gasteiger charge is -2.33. The van der Waals surface area contributed by atoms with Crippen LogP contribution in [0.2, 0.25) is 5.02 Å². The number of carbonyl (C=O) groups excluding carboxylic acids is 2. The number of non-ortho nitro benzene ring substituents is 1. The summed E-state index contributed by atoms with van der Waals surface area (Å²) in [6.07, 6.45) is 2.56. The van der Waals surface area contributed by atoms with Gasteiger partial charge >= 0.3 is 0 Å². The van der Waals surface area contributed by atoms with E-state index in [1.165, 1.54) is 35.6 Å². The Morgan fingerprint density at radius 1 is 1.03 bits per heavy atom. The minimum atomic E-state index is -0.514. The summed E-state index contributed by atoms with van der Waals surface area (Å²) >= 11 is 7.40. The number of rotatable bonds is 5. The molecule has 1 atom stereocenters. The van der Waals surface area contributed by atoms with Gasteiger partial charge in [0.2, 0.25) is 0 Å². The zero-order valence-corrected chi connectivity index (χ0v) is 21.3. The molecule has 2 N–H and O–H groups in total. The molecule has 4 rings (SSSR count). The maximum absolute atomic E-state index is 13.4. The van der Waals surface area contributed by atoms with E-state index in [4.69, 9.17) is 11.6 Å². The second-order valence-corrected chi connectivity index (χ2v) is 11.3. The van der Waals surface area contributed by atoms with Crippen LogP contribution in [0.5, 0.6) is 0 Å². The van der Waals surface area contributed by atoms with E-state index < -0.39 is 10.8 Å². The van der Waals surface area contributed by atoms with Gasteiger partial charge in [0.15, 0.2) is 0 Å². The topological polar surface area (TPSA) is 101 Å². The van der Waals surface area contributed by atoms with Crippen LogP contribution in [-0.4, -0.2) is 16.7 Å². The second kappa shape index (κ2) is 9.79. The van der Waals surface area contributed by atoms with Crippen LogP contribution in [0.3, 0.4) is 0 Å². The molecule has 2 aromatic carbocycles. The molecule has 9 heteroatoms. The highest BCUT2D eigenvalue weighted by atomic mass is 35.5. The van der Waals surface area contributed by atoms with E-state index in [0.29, 0.717) is 27.2 Å². The number of carbonyl (C=O) groups is 2. The number of nitro groups is 1. The predicted octanol–water partition coefficient (Wildman–Crippen LogP) is 6.97. The first-order valence-electron chi connectivity index (χ1n) is 11.3. The van der Waals surface area contributed by atoms with Crippen molar-refractivity contribution in [3.63, 3.8) is 0 Å². The molecule has 35 heavy (non-hydrogen) atoms. The van der Waals surface area contributed by atoms with E-state index in [1.807, 2.05) is 0 Å². The van der Waals surface area contributed by atoms with Gasteiger partial charge in [-0.3, -0.25) is 19.7 Å². The van der Waals surface area contributed by atoms with Crippen LogP contribution in [-0.2, 0) is 12.8 Å². The molecular formula is C26H26ClN3O4S. The van der Waals surface area contributed by atoms with Crippen LogP contribution in [0.4, 0.5) is 16.4 Å².